The maximum Gasteiger partial charge on any atom is 0.244 e. The Morgan fingerprint density at radius 1 is 1.45 bits per heavy atom. The van der Waals surface area contributed by atoms with Crippen molar-refractivity contribution >= 4 is 21.6 Å². The third-order valence-electron chi connectivity index (χ3n) is 3.81. The first-order valence-corrected chi connectivity index (χ1v) is 8.38. The highest BCUT2D eigenvalue weighted by molar-refractivity contribution is 7.89. The van der Waals surface area contributed by atoms with Crippen LogP contribution < -0.4 is 0 Å². The minimum absolute atomic E-state index is 0.0302. The van der Waals surface area contributed by atoms with Gasteiger partial charge in [-0.25, -0.2) is 8.42 Å². The summed E-state index contributed by atoms with van der Waals surface area (Å²) in [6, 6.07) is 6.27. The van der Waals surface area contributed by atoms with Crippen molar-refractivity contribution in [2.45, 2.75) is 25.2 Å². The second-order valence-electron chi connectivity index (χ2n) is 5.41. The number of halogens is 1. The lowest BCUT2D eigenvalue weighted by Crippen LogP contribution is -2.29. The Bertz CT molecular complexity index is 650. The van der Waals surface area contributed by atoms with Crippen LogP contribution in [0.5, 0.6) is 0 Å². The van der Waals surface area contributed by atoms with Crippen molar-refractivity contribution < 1.29 is 8.42 Å². The topological polar surface area (TPSA) is 61.2 Å². The average molecular weight is 313 g/mol. The number of nitriles is 1. The molecule has 1 aromatic carbocycles. The van der Waals surface area contributed by atoms with Crippen molar-refractivity contribution in [3.8, 4) is 6.07 Å². The third-order valence-corrected chi connectivity index (χ3v) is 6.16. The fourth-order valence-corrected chi connectivity index (χ4v) is 4.44. The molecule has 6 heteroatoms. The first kappa shape index (κ1) is 15.3. The molecule has 1 heterocycles. The molecule has 0 spiro atoms. The van der Waals surface area contributed by atoms with E-state index in [0.717, 1.165) is 6.42 Å². The van der Waals surface area contributed by atoms with Gasteiger partial charge >= 0.3 is 0 Å². The Hall–Kier alpha value is -1.09. The smallest absolute Gasteiger partial charge is 0.207 e. The average Bonchev–Trinajstić information content (AvgIpc) is 2.89. The third kappa shape index (κ3) is 2.83. The van der Waals surface area contributed by atoms with Crippen LogP contribution >= 0.6 is 11.6 Å². The van der Waals surface area contributed by atoms with E-state index in [1.54, 1.807) is 0 Å². The molecule has 1 atom stereocenters. The SMILES string of the molecule is CC(C)C1CCN(S(=O)(=O)c2cc(C#N)ccc2Cl)C1. The molecule has 0 aliphatic carbocycles. The molecule has 1 aliphatic rings. The van der Waals surface area contributed by atoms with Crippen LogP contribution in [-0.2, 0) is 10.0 Å². The molecule has 2 rings (SSSR count). The van der Waals surface area contributed by atoms with Gasteiger partial charge in [-0.3, -0.25) is 0 Å². The van der Waals surface area contributed by atoms with Gasteiger partial charge < -0.3 is 0 Å². The summed E-state index contributed by atoms with van der Waals surface area (Å²) in [6.07, 6.45) is 0.868. The molecule has 4 nitrogen and oxygen atoms in total. The van der Waals surface area contributed by atoms with E-state index in [9.17, 15) is 8.42 Å². The van der Waals surface area contributed by atoms with Crippen LogP contribution in [0.2, 0.25) is 5.02 Å². The second-order valence-corrected chi connectivity index (χ2v) is 7.73. The number of benzene rings is 1. The van der Waals surface area contributed by atoms with Crippen molar-refractivity contribution in [1.82, 2.24) is 4.31 Å². The van der Waals surface area contributed by atoms with Crippen LogP contribution in [0, 0.1) is 23.2 Å². The summed E-state index contributed by atoms with van der Waals surface area (Å²) in [7, 11) is -3.62. The molecule has 0 amide bonds. The van der Waals surface area contributed by atoms with Crippen molar-refractivity contribution in [3.63, 3.8) is 0 Å². The lowest BCUT2D eigenvalue weighted by molar-refractivity contribution is 0.388. The van der Waals surface area contributed by atoms with E-state index in [1.165, 1.54) is 22.5 Å². The van der Waals surface area contributed by atoms with E-state index in [-0.39, 0.29) is 9.92 Å². The minimum Gasteiger partial charge on any atom is -0.207 e. The first-order chi connectivity index (χ1) is 9.36. The molecule has 1 fully saturated rings. The van der Waals surface area contributed by atoms with E-state index in [4.69, 9.17) is 16.9 Å². The van der Waals surface area contributed by atoms with Gasteiger partial charge in [0.25, 0.3) is 0 Å². The van der Waals surface area contributed by atoms with Crippen LogP contribution in [0.3, 0.4) is 0 Å². The number of rotatable bonds is 3. The Morgan fingerprint density at radius 3 is 2.70 bits per heavy atom. The molecule has 1 saturated heterocycles. The molecule has 0 saturated carbocycles. The van der Waals surface area contributed by atoms with Gasteiger partial charge in [-0.05, 0) is 36.5 Å². The molecule has 0 aromatic heterocycles. The Kier molecular flexibility index (Phi) is 4.38. The molecule has 1 aromatic rings. The molecular weight excluding hydrogens is 296 g/mol. The van der Waals surface area contributed by atoms with Crippen molar-refractivity contribution in [3.05, 3.63) is 28.8 Å². The number of nitrogens with zero attached hydrogens (tertiary/aromatic N) is 2. The zero-order valence-electron chi connectivity index (χ0n) is 11.5. The predicted octanol–water partition coefficient (Wildman–Crippen LogP) is 2.88. The van der Waals surface area contributed by atoms with Gasteiger partial charge in [-0.15, -0.1) is 0 Å². The molecule has 0 N–H and O–H groups in total. The molecule has 0 bridgehead atoms. The normalized spacial score (nSPS) is 20.2. The van der Waals surface area contributed by atoms with E-state index < -0.39 is 10.0 Å². The van der Waals surface area contributed by atoms with Crippen molar-refractivity contribution in [1.29, 1.82) is 5.26 Å². The second kappa shape index (κ2) is 5.72. The van der Waals surface area contributed by atoms with Gasteiger partial charge in [0.05, 0.1) is 16.7 Å². The number of sulfonamides is 1. The summed E-state index contributed by atoms with van der Waals surface area (Å²) in [5, 5.41) is 9.06. The maximum absolute atomic E-state index is 12.6. The number of hydrogen-bond acceptors (Lipinski definition) is 3. The van der Waals surface area contributed by atoms with E-state index in [0.29, 0.717) is 30.5 Å². The standard InChI is InChI=1S/C14H17ClN2O2S/c1-10(2)12-5-6-17(9-12)20(18,19)14-7-11(8-16)3-4-13(14)15/h3-4,7,10,12H,5-6,9H2,1-2H3. The van der Waals surface area contributed by atoms with Crippen LogP contribution in [0.25, 0.3) is 0 Å². The van der Waals surface area contributed by atoms with Crippen molar-refractivity contribution in [2.24, 2.45) is 11.8 Å². The van der Waals surface area contributed by atoms with Gasteiger partial charge in [0, 0.05) is 13.1 Å². The van der Waals surface area contributed by atoms with Crippen molar-refractivity contribution in [2.75, 3.05) is 13.1 Å². The lowest BCUT2D eigenvalue weighted by Gasteiger charge is -2.18. The molecule has 20 heavy (non-hydrogen) atoms. The summed E-state index contributed by atoms with van der Waals surface area (Å²) in [6.45, 7) is 5.24. The van der Waals surface area contributed by atoms with Gasteiger partial charge in [-0.1, -0.05) is 25.4 Å². The molecule has 0 radical (unpaired) electrons. The first-order valence-electron chi connectivity index (χ1n) is 6.56. The largest absolute Gasteiger partial charge is 0.244 e. The fraction of sp³-hybridized carbons (Fsp3) is 0.500. The van der Waals surface area contributed by atoms with Gasteiger partial charge in [-0.2, -0.15) is 9.57 Å². The minimum atomic E-state index is -3.62. The monoisotopic (exact) mass is 312 g/mol. The summed E-state index contributed by atoms with van der Waals surface area (Å²) in [5.74, 6) is 0.832. The van der Waals surface area contributed by atoms with Crippen LogP contribution in [0.15, 0.2) is 23.1 Å². The van der Waals surface area contributed by atoms with Gasteiger partial charge in [0.1, 0.15) is 4.90 Å². The predicted molar refractivity (Wildman–Crippen MR) is 77.9 cm³/mol. The Labute approximate surface area is 125 Å². The van der Waals surface area contributed by atoms with Gasteiger partial charge in [0.2, 0.25) is 10.0 Å². The zero-order valence-corrected chi connectivity index (χ0v) is 13.1. The summed E-state index contributed by atoms with van der Waals surface area (Å²) in [4.78, 5) is 0.0302. The summed E-state index contributed by atoms with van der Waals surface area (Å²) < 4.78 is 26.7. The quantitative estimate of drug-likeness (QED) is 0.862. The highest BCUT2D eigenvalue weighted by Gasteiger charge is 2.34. The zero-order chi connectivity index (χ0) is 14.9. The van der Waals surface area contributed by atoms with Crippen LogP contribution in [0.4, 0.5) is 0 Å². The Morgan fingerprint density at radius 2 is 2.15 bits per heavy atom. The Balaban J connectivity index is 2.35. The molecule has 1 aliphatic heterocycles. The van der Waals surface area contributed by atoms with E-state index in [1.807, 2.05) is 6.07 Å². The van der Waals surface area contributed by atoms with E-state index in [2.05, 4.69) is 13.8 Å². The van der Waals surface area contributed by atoms with Gasteiger partial charge in [0.15, 0.2) is 0 Å². The molecule has 108 valence electrons. The van der Waals surface area contributed by atoms with Crippen LogP contribution in [-0.4, -0.2) is 25.8 Å². The highest BCUT2D eigenvalue weighted by atomic mass is 35.5. The highest BCUT2D eigenvalue weighted by Crippen LogP contribution is 2.31. The summed E-state index contributed by atoms with van der Waals surface area (Å²) in [5.41, 5.74) is 0.299. The fourth-order valence-electron chi connectivity index (χ4n) is 2.43. The molecule has 1 unspecified atom stereocenters. The maximum atomic E-state index is 12.6. The lowest BCUT2D eigenvalue weighted by atomic mass is 9.96. The van der Waals surface area contributed by atoms with Crippen LogP contribution in [0.1, 0.15) is 25.8 Å². The summed E-state index contributed by atoms with van der Waals surface area (Å²) >= 11 is 6.00. The molecular formula is C14H17ClN2O2S. The van der Waals surface area contributed by atoms with E-state index >= 15 is 0 Å². The number of hydrogen-bond donors (Lipinski definition) is 0.